The average molecular weight is 346 g/mol. The molecule has 0 radical (unpaired) electrons. The molecule has 2 aromatic rings. The fourth-order valence-corrected chi connectivity index (χ4v) is 3.58. The predicted molar refractivity (Wildman–Crippen MR) is 102 cm³/mol. The van der Waals surface area contributed by atoms with Gasteiger partial charge in [0.1, 0.15) is 5.75 Å². The quantitative estimate of drug-likeness (QED) is 0.640. The number of para-hydroxylation sites is 1. The monoisotopic (exact) mass is 346 g/mol. The summed E-state index contributed by atoms with van der Waals surface area (Å²) in [5, 5.41) is 4.27. The van der Waals surface area contributed by atoms with Gasteiger partial charge in [0.2, 0.25) is 0 Å². The Bertz CT molecular complexity index is 842. The number of nitrogens with one attached hydrogen (secondary N) is 1. The van der Waals surface area contributed by atoms with Gasteiger partial charge in [-0.3, -0.25) is 4.79 Å². The number of hydrogen-bond donors (Lipinski definition) is 1. The van der Waals surface area contributed by atoms with Crippen molar-refractivity contribution in [3.05, 3.63) is 77.9 Å². The third-order valence-electron chi connectivity index (χ3n) is 5.06. The molecule has 0 heterocycles. The van der Waals surface area contributed by atoms with Crippen LogP contribution in [0.25, 0.3) is 0 Å². The van der Waals surface area contributed by atoms with Gasteiger partial charge in [-0.2, -0.15) is 5.10 Å². The van der Waals surface area contributed by atoms with Crippen molar-refractivity contribution < 1.29 is 9.53 Å². The summed E-state index contributed by atoms with van der Waals surface area (Å²) in [7, 11) is 0. The molecule has 2 aromatic carbocycles. The highest BCUT2D eigenvalue weighted by Crippen LogP contribution is 2.40. The molecular weight excluding hydrogens is 324 g/mol. The number of carbonyl (C=O) groups is 1. The third kappa shape index (κ3) is 3.69. The van der Waals surface area contributed by atoms with Crippen molar-refractivity contribution in [3.8, 4) is 5.75 Å². The van der Waals surface area contributed by atoms with Gasteiger partial charge < -0.3 is 4.74 Å². The van der Waals surface area contributed by atoms with E-state index in [1.54, 1.807) is 0 Å². The summed E-state index contributed by atoms with van der Waals surface area (Å²) < 4.78 is 5.75. The summed E-state index contributed by atoms with van der Waals surface area (Å²) >= 11 is 0. The highest BCUT2D eigenvalue weighted by molar-refractivity contribution is 5.94. The van der Waals surface area contributed by atoms with E-state index in [1.807, 2.05) is 42.5 Å². The molecular formula is C22H22N2O2. The lowest BCUT2D eigenvalue weighted by Crippen LogP contribution is -2.36. The molecule has 1 amide bonds. The van der Waals surface area contributed by atoms with E-state index in [1.165, 1.54) is 5.56 Å². The zero-order valence-electron chi connectivity index (χ0n) is 14.6. The number of fused-ring (bicyclic) bond motifs is 1. The lowest BCUT2D eigenvalue weighted by molar-refractivity contribution is -0.123. The van der Waals surface area contributed by atoms with Crippen molar-refractivity contribution in [1.82, 2.24) is 5.43 Å². The molecule has 4 heteroatoms. The molecule has 2 aliphatic rings. The van der Waals surface area contributed by atoms with Gasteiger partial charge in [0.05, 0.1) is 0 Å². The van der Waals surface area contributed by atoms with E-state index < -0.39 is 0 Å². The highest BCUT2D eigenvalue weighted by atomic mass is 16.5. The second kappa shape index (κ2) is 7.56. The first kappa shape index (κ1) is 16.6. The van der Waals surface area contributed by atoms with Gasteiger partial charge in [-0.15, -0.1) is 0 Å². The Kier molecular flexibility index (Phi) is 4.82. The number of rotatable bonds is 6. The largest absolute Gasteiger partial charge is 0.483 e. The van der Waals surface area contributed by atoms with E-state index >= 15 is 0 Å². The van der Waals surface area contributed by atoms with Crippen molar-refractivity contribution in [2.24, 2.45) is 16.9 Å². The molecule has 0 unspecified atom stereocenters. The number of allylic oxidation sites excluding steroid dienone is 2. The number of hydrogen-bond acceptors (Lipinski definition) is 3. The van der Waals surface area contributed by atoms with Gasteiger partial charge in [-0.25, -0.2) is 5.43 Å². The molecule has 4 rings (SSSR count). The zero-order valence-corrected chi connectivity index (χ0v) is 14.6. The fourth-order valence-electron chi connectivity index (χ4n) is 3.58. The topological polar surface area (TPSA) is 50.7 Å². The number of amides is 1. The van der Waals surface area contributed by atoms with Gasteiger partial charge in [0, 0.05) is 18.1 Å². The van der Waals surface area contributed by atoms with Crippen LogP contribution in [0.5, 0.6) is 5.75 Å². The predicted octanol–water partition coefficient (Wildman–Crippen LogP) is 3.72. The van der Waals surface area contributed by atoms with Gasteiger partial charge in [0.25, 0.3) is 5.91 Å². The van der Waals surface area contributed by atoms with Crippen LogP contribution >= 0.6 is 0 Å². The normalized spacial score (nSPS) is 21.9. The smallest absolute Gasteiger partial charge is 0.277 e. The third-order valence-corrected chi connectivity index (χ3v) is 5.06. The van der Waals surface area contributed by atoms with E-state index in [0.29, 0.717) is 11.8 Å². The Labute approximate surface area is 153 Å². The van der Waals surface area contributed by atoms with Crippen LogP contribution in [0.15, 0.2) is 71.9 Å². The highest BCUT2D eigenvalue weighted by Gasteiger charge is 2.37. The molecule has 0 spiro atoms. The molecule has 0 aromatic heterocycles. The summed E-state index contributed by atoms with van der Waals surface area (Å²) in [5.41, 5.74) is 6.01. The SMILES string of the molecule is O=C(COc1ccccc1Cc1ccccc1)N/N=C1/C[C@H]2C=CC[C@@H]12. The summed E-state index contributed by atoms with van der Waals surface area (Å²) in [6.45, 7) is -0.0328. The number of nitrogens with zero attached hydrogens (tertiary/aromatic N) is 1. The standard InChI is InChI=1S/C22H22N2O2/c25-22(24-23-20-14-17-10-6-11-19(17)20)15-26-21-12-5-4-9-18(21)13-16-7-2-1-3-8-16/h1-10,12,17,19H,11,13-15H2,(H,24,25)/b23-20-/t17-,19-/m1/s1. The lowest BCUT2D eigenvalue weighted by Gasteiger charge is -2.31. The second-order valence-corrected chi connectivity index (χ2v) is 6.84. The van der Waals surface area contributed by atoms with Crippen molar-refractivity contribution in [2.45, 2.75) is 19.3 Å². The van der Waals surface area contributed by atoms with Crippen molar-refractivity contribution in [1.29, 1.82) is 0 Å². The molecule has 2 aliphatic carbocycles. The zero-order chi connectivity index (χ0) is 17.8. The lowest BCUT2D eigenvalue weighted by atomic mass is 9.74. The second-order valence-electron chi connectivity index (χ2n) is 6.84. The van der Waals surface area contributed by atoms with Crippen molar-refractivity contribution in [3.63, 3.8) is 0 Å². The number of hydrazone groups is 1. The Morgan fingerprint density at radius 3 is 2.77 bits per heavy atom. The summed E-state index contributed by atoms with van der Waals surface area (Å²) in [6.07, 6.45) is 7.23. The van der Waals surface area contributed by atoms with Crippen LogP contribution in [0.2, 0.25) is 0 Å². The van der Waals surface area contributed by atoms with E-state index in [4.69, 9.17) is 4.74 Å². The molecule has 26 heavy (non-hydrogen) atoms. The molecule has 1 fully saturated rings. The van der Waals surface area contributed by atoms with Gasteiger partial charge in [-0.1, -0.05) is 60.7 Å². The van der Waals surface area contributed by atoms with E-state index in [0.717, 1.165) is 36.3 Å². The van der Waals surface area contributed by atoms with Crippen LogP contribution in [-0.4, -0.2) is 18.2 Å². The van der Waals surface area contributed by atoms with Crippen LogP contribution in [0.3, 0.4) is 0 Å². The Balaban J connectivity index is 1.32. The minimum atomic E-state index is -0.221. The van der Waals surface area contributed by atoms with Crippen LogP contribution in [0.1, 0.15) is 24.0 Å². The van der Waals surface area contributed by atoms with Crippen molar-refractivity contribution >= 4 is 11.6 Å². The van der Waals surface area contributed by atoms with Crippen LogP contribution in [0.4, 0.5) is 0 Å². The fraction of sp³-hybridized carbons (Fsp3) is 0.273. The Morgan fingerprint density at radius 1 is 1.12 bits per heavy atom. The molecule has 2 atom stereocenters. The minimum Gasteiger partial charge on any atom is -0.483 e. The first-order valence-corrected chi connectivity index (χ1v) is 9.06. The summed E-state index contributed by atoms with van der Waals surface area (Å²) in [5.74, 6) is 1.65. The van der Waals surface area contributed by atoms with Gasteiger partial charge in [0.15, 0.2) is 6.61 Å². The first-order chi connectivity index (χ1) is 12.8. The number of carbonyl (C=O) groups excluding carboxylic acids is 1. The molecule has 1 N–H and O–H groups in total. The molecule has 0 aliphatic heterocycles. The molecule has 0 saturated heterocycles. The van der Waals surface area contributed by atoms with Gasteiger partial charge in [-0.05, 0) is 36.0 Å². The molecule has 1 saturated carbocycles. The number of ether oxygens (including phenoxy) is 1. The van der Waals surface area contributed by atoms with Crippen LogP contribution in [0, 0.1) is 11.8 Å². The van der Waals surface area contributed by atoms with Gasteiger partial charge >= 0.3 is 0 Å². The number of benzene rings is 2. The maximum atomic E-state index is 12.1. The summed E-state index contributed by atoms with van der Waals surface area (Å²) in [4.78, 5) is 12.1. The van der Waals surface area contributed by atoms with E-state index in [-0.39, 0.29) is 12.5 Å². The molecule has 4 nitrogen and oxygen atoms in total. The van der Waals surface area contributed by atoms with E-state index in [2.05, 4.69) is 34.8 Å². The van der Waals surface area contributed by atoms with Crippen molar-refractivity contribution in [2.75, 3.05) is 6.61 Å². The van der Waals surface area contributed by atoms with Crippen LogP contribution < -0.4 is 10.2 Å². The Hall–Kier alpha value is -2.88. The maximum Gasteiger partial charge on any atom is 0.277 e. The Morgan fingerprint density at radius 2 is 1.92 bits per heavy atom. The van der Waals surface area contributed by atoms with Crippen LogP contribution in [-0.2, 0) is 11.2 Å². The maximum absolute atomic E-state index is 12.1. The summed E-state index contributed by atoms with van der Waals surface area (Å²) in [6, 6.07) is 18.1. The average Bonchev–Trinajstić information content (AvgIpc) is 3.03. The molecule has 132 valence electrons. The first-order valence-electron chi connectivity index (χ1n) is 9.06. The van der Waals surface area contributed by atoms with E-state index in [9.17, 15) is 4.79 Å². The molecule has 0 bridgehead atoms. The minimum absolute atomic E-state index is 0.0328.